The third kappa shape index (κ3) is 5.68. The van der Waals surface area contributed by atoms with Crippen LogP contribution in [0.5, 0.6) is 5.75 Å². The summed E-state index contributed by atoms with van der Waals surface area (Å²) >= 11 is 0. The Morgan fingerprint density at radius 3 is 2.56 bits per heavy atom. The predicted octanol–water partition coefficient (Wildman–Crippen LogP) is 2.29. The van der Waals surface area contributed by atoms with E-state index in [-0.39, 0.29) is 5.92 Å². The molecular formula is C14H21NO3. The van der Waals surface area contributed by atoms with E-state index < -0.39 is 5.97 Å². The summed E-state index contributed by atoms with van der Waals surface area (Å²) in [5.74, 6) is -0.299. The van der Waals surface area contributed by atoms with Crippen LogP contribution in [0.25, 0.3) is 0 Å². The van der Waals surface area contributed by atoms with Gasteiger partial charge in [0, 0.05) is 0 Å². The summed E-state index contributed by atoms with van der Waals surface area (Å²) in [7, 11) is 0. The van der Waals surface area contributed by atoms with E-state index in [0.717, 1.165) is 18.6 Å². The molecule has 3 N–H and O–H groups in total. The molecular weight excluding hydrogens is 230 g/mol. The Bertz CT molecular complexity index is 340. The second-order valence-electron chi connectivity index (χ2n) is 4.27. The van der Waals surface area contributed by atoms with Gasteiger partial charge in [-0.05, 0) is 37.9 Å². The molecule has 100 valence electrons. The quantitative estimate of drug-likeness (QED) is 0.660. The highest BCUT2D eigenvalue weighted by atomic mass is 16.5. The van der Waals surface area contributed by atoms with Crippen molar-refractivity contribution >= 4 is 5.97 Å². The van der Waals surface area contributed by atoms with E-state index in [1.807, 2.05) is 30.3 Å². The van der Waals surface area contributed by atoms with E-state index in [0.29, 0.717) is 26.0 Å². The van der Waals surface area contributed by atoms with Crippen LogP contribution in [0.15, 0.2) is 30.3 Å². The summed E-state index contributed by atoms with van der Waals surface area (Å²) < 4.78 is 5.50. The first kappa shape index (κ1) is 14.5. The Morgan fingerprint density at radius 2 is 1.94 bits per heavy atom. The van der Waals surface area contributed by atoms with Crippen LogP contribution in [0.2, 0.25) is 0 Å². The topological polar surface area (TPSA) is 72.5 Å². The maximum absolute atomic E-state index is 11.0. The van der Waals surface area contributed by atoms with Crippen LogP contribution in [-0.2, 0) is 4.79 Å². The number of hydrogen-bond acceptors (Lipinski definition) is 3. The van der Waals surface area contributed by atoms with Crippen molar-refractivity contribution in [2.45, 2.75) is 25.7 Å². The first-order valence-corrected chi connectivity index (χ1v) is 6.34. The lowest BCUT2D eigenvalue weighted by molar-refractivity contribution is -0.142. The number of benzene rings is 1. The van der Waals surface area contributed by atoms with Gasteiger partial charge in [-0.25, -0.2) is 0 Å². The van der Waals surface area contributed by atoms with Crippen LogP contribution in [0.3, 0.4) is 0 Å². The number of para-hydroxylation sites is 1. The smallest absolute Gasteiger partial charge is 0.306 e. The van der Waals surface area contributed by atoms with E-state index >= 15 is 0 Å². The van der Waals surface area contributed by atoms with E-state index in [2.05, 4.69) is 0 Å². The number of unbranched alkanes of at least 4 members (excludes halogenated alkanes) is 1. The van der Waals surface area contributed by atoms with Crippen LogP contribution in [0.4, 0.5) is 0 Å². The number of hydrogen-bond donors (Lipinski definition) is 2. The molecule has 18 heavy (non-hydrogen) atoms. The van der Waals surface area contributed by atoms with Gasteiger partial charge < -0.3 is 15.6 Å². The Labute approximate surface area is 108 Å². The average Bonchev–Trinajstić information content (AvgIpc) is 2.38. The molecule has 0 saturated carbocycles. The average molecular weight is 251 g/mol. The minimum atomic E-state index is -0.747. The molecule has 4 heteroatoms. The molecule has 1 aromatic rings. The molecule has 0 spiro atoms. The van der Waals surface area contributed by atoms with Crippen LogP contribution in [0.1, 0.15) is 25.7 Å². The van der Waals surface area contributed by atoms with Gasteiger partial charge in [-0.2, -0.15) is 0 Å². The van der Waals surface area contributed by atoms with Gasteiger partial charge in [0.25, 0.3) is 0 Å². The Morgan fingerprint density at radius 1 is 1.22 bits per heavy atom. The summed E-state index contributed by atoms with van der Waals surface area (Å²) in [4.78, 5) is 11.0. The fraction of sp³-hybridized carbons (Fsp3) is 0.500. The maximum Gasteiger partial charge on any atom is 0.306 e. The van der Waals surface area contributed by atoms with Crippen molar-refractivity contribution in [2.24, 2.45) is 11.7 Å². The number of carboxylic acid groups (broad SMARTS) is 1. The van der Waals surface area contributed by atoms with Crippen molar-refractivity contribution in [2.75, 3.05) is 13.2 Å². The standard InChI is InChI=1S/C14H21NO3/c15-10-5-4-6-12(14(16)17)9-11-18-13-7-2-1-3-8-13/h1-3,7-8,12H,4-6,9-11,15H2,(H,16,17). The lowest BCUT2D eigenvalue weighted by Crippen LogP contribution is -2.17. The maximum atomic E-state index is 11.0. The van der Waals surface area contributed by atoms with Gasteiger partial charge in [-0.1, -0.05) is 24.6 Å². The molecule has 1 atom stereocenters. The van der Waals surface area contributed by atoms with E-state index in [4.69, 9.17) is 15.6 Å². The molecule has 1 aromatic carbocycles. The van der Waals surface area contributed by atoms with Gasteiger partial charge in [0.1, 0.15) is 5.75 Å². The molecule has 0 saturated heterocycles. The number of rotatable bonds is 9. The van der Waals surface area contributed by atoms with Crippen molar-refractivity contribution in [3.63, 3.8) is 0 Å². The third-order valence-corrected chi connectivity index (χ3v) is 2.83. The Balaban J connectivity index is 2.27. The lowest BCUT2D eigenvalue weighted by atomic mass is 9.99. The second kappa shape index (κ2) is 8.53. The normalized spacial score (nSPS) is 12.1. The molecule has 0 radical (unpaired) electrons. The highest BCUT2D eigenvalue weighted by Crippen LogP contribution is 2.15. The zero-order chi connectivity index (χ0) is 13.2. The van der Waals surface area contributed by atoms with Gasteiger partial charge in [0.2, 0.25) is 0 Å². The van der Waals surface area contributed by atoms with Gasteiger partial charge in [0.05, 0.1) is 12.5 Å². The fourth-order valence-electron chi connectivity index (χ4n) is 1.76. The highest BCUT2D eigenvalue weighted by molar-refractivity contribution is 5.69. The van der Waals surface area contributed by atoms with Crippen molar-refractivity contribution < 1.29 is 14.6 Å². The van der Waals surface area contributed by atoms with Crippen molar-refractivity contribution in [3.8, 4) is 5.75 Å². The molecule has 4 nitrogen and oxygen atoms in total. The third-order valence-electron chi connectivity index (χ3n) is 2.83. The number of ether oxygens (including phenoxy) is 1. The van der Waals surface area contributed by atoms with Gasteiger partial charge in [0.15, 0.2) is 0 Å². The molecule has 0 aliphatic rings. The number of aliphatic carboxylic acids is 1. The monoisotopic (exact) mass is 251 g/mol. The van der Waals surface area contributed by atoms with E-state index in [9.17, 15) is 4.79 Å². The first-order chi connectivity index (χ1) is 8.74. The zero-order valence-electron chi connectivity index (χ0n) is 10.5. The molecule has 1 rings (SSSR count). The van der Waals surface area contributed by atoms with Crippen molar-refractivity contribution in [3.05, 3.63) is 30.3 Å². The molecule has 0 aromatic heterocycles. The van der Waals surface area contributed by atoms with Crippen LogP contribution in [-0.4, -0.2) is 24.2 Å². The molecule has 0 aliphatic carbocycles. The summed E-state index contributed by atoms with van der Waals surface area (Å²) in [5.41, 5.74) is 5.39. The minimum absolute atomic E-state index is 0.333. The molecule has 0 amide bonds. The predicted molar refractivity (Wildman–Crippen MR) is 70.6 cm³/mol. The first-order valence-electron chi connectivity index (χ1n) is 6.34. The largest absolute Gasteiger partial charge is 0.494 e. The molecule has 0 heterocycles. The van der Waals surface area contributed by atoms with Crippen LogP contribution >= 0.6 is 0 Å². The Hall–Kier alpha value is -1.55. The molecule has 0 fully saturated rings. The van der Waals surface area contributed by atoms with E-state index in [1.165, 1.54) is 0 Å². The van der Waals surface area contributed by atoms with Gasteiger partial charge in [-0.3, -0.25) is 4.79 Å². The second-order valence-corrected chi connectivity index (χ2v) is 4.27. The number of carbonyl (C=O) groups is 1. The molecule has 0 aliphatic heterocycles. The lowest BCUT2D eigenvalue weighted by Gasteiger charge is -2.12. The van der Waals surface area contributed by atoms with Crippen molar-refractivity contribution in [1.82, 2.24) is 0 Å². The SMILES string of the molecule is NCCCCC(CCOc1ccccc1)C(=O)O. The summed E-state index contributed by atoms with van der Waals surface area (Å²) in [6, 6.07) is 9.44. The van der Waals surface area contributed by atoms with E-state index in [1.54, 1.807) is 0 Å². The summed E-state index contributed by atoms with van der Waals surface area (Å²) in [6.07, 6.45) is 2.95. The fourth-order valence-corrected chi connectivity index (χ4v) is 1.76. The molecule has 1 unspecified atom stereocenters. The Kier molecular flexibility index (Phi) is 6.87. The number of carboxylic acids is 1. The summed E-state index contributed by atoms with van der Waals surface area (Å²) in [6.45, 7) is 1.05. The highest BCUT2D eigenvalue weighted by Gasteiger charge is 2.16. The van der Waals surface area contributed by atoms with Gasteiger partial charge in [-0.15, -0.1) is 0 Å². The summed E-state index contributed by atoms with van der Waals surface area (Å²) in [5, 5.41) is 9.08. The van der Waals surface area contributed by atoms with Crippen molar-refractivity contribution in [1.29, 1.82) is 0 Å². The molecule has 0 bridgehead atoms. The van der Waals surface area contributed by atoms with Crippen LogP contribution in [0, 0.1) is 5.92 Å². The minimum Gasteiger partial charge on any atom is -0.494 e. The van der Waals surface area contributed by atoms with Crippen LogP contribution < -0.4 is 10.5 Å². The number of nitrogens with two attached hydrogens (primary N) is 1. The van der Waals surface area contributed by atoms with Gasteiger partial charge >= 0.3 is 5.97 Å². The zero-order valence-corrected chi connectivity index (χ0v) is 10.5.